The minimum Gasteiger partial charge on any atom is -0.465 e. The van der Waals surface area contributed by atoms with Crippen molar-refractivity contribution >= 4 is 29.3 Å². The second kappa shape index (κ2) is 7.56. The lowest BCUT2D eigenvalue weighted by atomic mass is 10.1. The first kappa shape index (κ1) is 17.9. The highest BCUT2D eigenvalue weighted by molar-refractivity contribution is 6.06. The fraction of sp³-hybridized carbons (Fsp3) is 0.111. The summed E-state index contributed by atoms with van der Waals surface area (Å²) in [6, 6.07) is 9.00. The number of carbonyl (C=O) groups excluding carboxylic acids is 2. The Morgan fingerprint density at radius 2 is 1.93 bits per heavy atom. The maximum absolute atomic E-state index is 12.2. The van der Waals surface area contributed by atoms with Crippen LogP contribution in [-0.4, -0.2) is 30.7 Å². The number of hydrogen-bond acceptors (Lipinski definition) is 7. The van der Waals surface area contributed by atoms with Crippen LogP contribution in [0.4, 0.5) is 11.4 Å². The van der Waals surface area contributed by atoms with E-state index in [-0.39, 0.29) is 35.0 Å². The van der Waals surface area contributed by atoms with Crippen LogP contribution in [0.25, 0.3) is 6.08 Å². The van der Waals surface area contributed by atoms with E-state index in [1.807, 2.05) is 0 Å². The van der Waals surface area contributed by atoms with Crippen molar-refractivity contribution in [2.75, 3.05) is 19.2 Å². The van der Waals surface area contributed by atoms with Crippen molar-refractivity contribution in [3.05, 3.63) is 63.7 Å². The van der Waals surface area contributed by atoms with Gasteiger partial charge in [0.05, 0.1) is 34.9 Å². The Bertz CT molecular complexity index is 953. The molecule has 0 spiro atoms. The van der Waals surface area contributed by atoms with Crippen molar-refractivity contribution in [3.63, 3.8) is 0 Å². The smallest absolute Gasteiger partial charge is 0.339 e. The molecule has 0 atom stereocenters. The van der Waals surface area contributed by atoms with Gasteiger partial charge in [0.15, 0.2) is 11.5 Å². The second-order valence-electron chi connectivity index (χ2n) is 5.38. The van der Waals surface area contributed by atoms with Crippen molar-refractivity contribution in [2.24, 2.45) is 0 Å². The van der Waals surface area contributed by atoms with Crippen LogP contribution in [0.5, 0.6) is 11.5 Å². The summed E-state index contributed by atoms with van der Waals surface area (Å²) in [5.74, 6) is -0.536. The predicted molar refractivity (Wildman–Crippen MR) is 94.7 cm³/mol. The van der Waals surface area contributed by atoms with Crippen molar-refractivity contribution in [3.8, 4) is 11.5 Å². The van der Waals surface area contributed by atoms with Gasteiger partial charge in [0.2, 0.25) is 12.7 Å². The number of hydrogen-bond donors (Lipinski definition) is 1. The molecule has 2 aromatic rings. The first-order valence-electron chi connectivity index (χ1n) is 7.74. The molecular weight excluding hydrogens is 356 g/mol. The molecule has 0 radical (unpaired) electrons. The molecule has 1 N–H and O–H groups in total. The van der Waals surface area contributed by atoms with E-state index < -0.39 is 16.8 Å². The molecule has 9 nitrogen and oxygen atoms in total. The summed E-state index contributed by atoms with van der Waals surface area (Å²) in [4.78, 5) is 34.6. The van der Waals surface area contributed by atoms with Crippen molar-refractivity contribution in [1.82, 2.24) is 0 Å². The molecule has 0 unspecified atom stereocenters. The Balaban J connectivity index is 1.82. The number of nitrogens with zero attached hydrogens (tertiary/aromatic N) is 1. The number of para-hydroxylation sites is 1. The van der Waals surface area contributed by atoms with Crippen LogP contribution in [0.15, 0.2) is 42.5 Å². The van der Waals surface area contributed by atoms with Crippen LogP contribution in [0, 0.1) is 10.1 Å². The van der Waals surface area contributed by atoms with E-state index in [4.69, 9.17) is 9.47 Å². The third kappa shape index (κ3) is 3.87. The van der Waals surface area contributed by atoms with E-state index in [9.17, 15) is 19.7 Å². The summed E-state index contributed by atoms with van der Waals surface area (Å²) in [5, 5.41) is 13.8. The Labute approximate surface area is 153 Å². The first-order valence-corrected chi connectivity index (χ1v) is 7.74. The molecule has 0 aliphatic carbocycles. The Morgan fingerprint density at radius 1 is 1.22 bits per heavy atom. The molecular formula is C18H14N2O7. The van der Waals surface area contributed by atoms with Crippen LogP contribution < -0.4 is 14.8 Å². The monoisotopic (exact) mass is 370 g/mol. The molecule has 0 aromatic heterocycles. The number of esters is 1. The topological polar surface area (TPSA) is 117 Å². The van der Waals surface area contributed by atoms with Gasteiger partial charge in [-0.05, 0) is 24.3 Å². The maximum Gasteiger partial charge on any atom is 0.339 e. The number of nitrogens with one attached hydrogen (secondary N) is 1. The summed E-state index contributed by atoms with van der Waals surface area (Å²) < 4.78 is 15.0. The number of carbonyl (C=O) groups is 2. The standard InChI is InChI=1S/C18H14N2O7/c1-25-18(22)12-4-2-3-5-13(12)19-17(21)7-6-11-8-15-16(27-10-26-15)9-14(11)20(23)24/h2-9H,10H2,1H3,(H,19,21)/b7-6+. The Hall–Kier alpha value is -3.88. The Kier molecular flexibility index (Phi) is 5.02. The van der Waals surface area contributed by atoms with Gasteiger partial charge in [-0.2, -0.15) is 0 Å². The second-order valence-corrected chi connectivity index (χ2v) is 5.38. The van der Waals surface area contributed by atoms with Crippen LogP contribution in [-0.2, 0) is 9.53 Å². The molecule has 1 heterocycles. The fourth-order valence-electron chi connectivity index (χ4n) is 2.46. The van der Waals surface area contributed by atoms with Gasteiger partial charge in [-0.25, -0.2) is 4.79 Å². The van der Waals surface area contributed by atoms with E-state index in [0.29, 0.717) is 5.75 Å². The quantitative estimate of drug-likeness (QED) is 0.372. The van der Waals surface area contributed by atoms with Gasteiger partial charge in [-0.3, -0.25) is 14.9 Å². The zero-order valence-corrected chi connectivity index (χ0v) is 14.1. The van der Waals surface area contributed by atoms with Gasteiger partial charge in [-0.15, -0.1) is 0 Å². The normalized spacial score (nSPS) is 12.0. The summed E-state index contributed by atoms with van der Waals surface area (Å²) in [7, 11) is 1.24. The number of benzene rings is 2. The van der Waals surface area contributed by atoms with Gasteiger partial charge >= 0.3 is 5.97 Å². The molecule has 0 saturated heterocycles. The van der Waals surface area contributed by atoms with Crippen molar-refractivity contribution in [1.29, 1.82) is 0 Å². The molecule has 3 rings (SSSR count). The molecule has 1 amide bonds. The van der Waals surface area contributed by atoms with Gasteiger partial charge in [-0.1, -0.05) is 12.1 Å². The summed E-state index contributed by atoms with van der Waals surface area (Å²) in [6.07, 6.45) is 2.41. The number of methoxy groups -OCH3 is 1. The largest absolute Gasteiger partial charge is 0.465 e. The average molecular weight is 370 g/mol. The summed E-state index contributed by atoms with van der Waals surface area (Å²) in [6.45, 7) is -0.0234. The number of anilines is 1. The van der Waals surface area contributed by atoms with Crippen LogP contribution >= 0.6 is 0 Å². The molecule has 9 heteroatoms. The first-order chi connectivity index (χ1) is 13.0. The third-order valence-corrected chi connectivity index (χ3v) is 3.72. The summed E-state index contributed by atoms with van der Waals surface area (Å²) in [5.41, 5.74) is 0.411. The number of rotatable bonds is 5. The molecule has 0 saturated carbocycles. The number of amides is 1. The zero-order valence-electron chi connectivity index (χ0n) is 14.1. The molecule has 138 valence electrons. The highest BCUT2D eigenvalue weighted by Crippen LogP contribution is 2.38. The average Bonchev–Trinajstić information content (AvgIpc) is 3.12. The van der Waals surface area contributed by atoms with Gasteiger partial charge in [0.1, 0.15) is 0 Å². The lowest BCUT2D eigenvalue weighted by molar-refractivity contribution is -0.385. The molecule has 0 fully saturated rings. The Morgan fingerprint density at radius 3 is 2.63 bits per heavy atom. The predicted octanol–water partition coefficient (Wildman–Crippen LogP) is 2.76. The highest BCUT2D eigenvalue weighted by atomic mass is 16.7. The number of fused-ring (bicyclic) bond motifs is 1. The van der Waals surface area contributed by atoms with E-state index in [1.165, 1.54) is 31.4 Å². The van der Waals surface area contributed by atoms with Crippen LogP contribution in [0.1, 0.15) is 15.9 Å². The highest BCUT2D eigenvalue weighted by Gasteiger charge is 2.22. The number of nitro groups is 1. The van der Waals surface area contributed by atoms with E-state index in [2.05, 4.69) is 10.1 Å². The molecule has 27 heavy (non-hydrogen) atoms. The number of nitro benzene ring substituents is 1. The van der Waals surface area contributed by atoms with Crippen LogP contribution in [0.2, 0.25) is 0 Å². The lowest BCUT2D eigenvalue weighted by Gasteiger charge is -2.07. The molecule has 2 aromatic carbocycles. The van der Waals surface area contributed by atoms with Crippen molar-refractivity contribution < 1.29 is 28.7 Å². The minimum atomic E-state index is -0.596. The fourth-order valence-corrected chi connectivity index (χ4v) is 2.46. The zero-order chi connectivity index (χ0) is 19.4. The number of ether oxygens (including phenoxy) is 3. The van der Waals surface area contributed by atoms with Gasteiger partial charge in [0.25, 0.3) is 5.69 Å². The lowest BCUT2D eigenvalue weighted by Crippen LogP contribution is -2.12. The minimum absolute atomic E-state index is 0.0234. The van der Waals surface area contributed by atoms with E-state index in [0.717, 1.165) is 6.08 Å². The SMILES string of the molecule is COC(=O)c1ccccc1NC(=O)/C=C/c1cc2c(cc1[N+](=O)[O-])OCO2. The third-order valence-electron chi connectivity index (χ3n) is 3.72. The molecule has 1 aliphatic heterocycles. The van der Waals surface area contributed by atoms with E-state index in [1.54, 1.807) is 18.2 Å². The van der Waals surface area contributed by atoms with Crippen LogP contribution in [0.3, 0.4) is 0 Å². The van der Waals surface area contributed by atoms with E-state index >= 15 is 0 Å². The molecule has 1 aliphatic rings. The van der Waals surface area contributed by atoms with Gasteiger partial charge < -0.3 is 19.5 Å². The molecule has 0 bridgehead atoms. The van der Waals surface area contributed by atoms with Gasteiger partial charge in [0, 0.05) is 6.08 Å². The maximum atomic E-state index is 12.2. The summed E-state index contributed by atoms with van der Waals surface area (Å²) >= 11 is 0. The van der Waals surface area contributed by atoms with Crippen molar-refractivity contribution in [2.45, 2.75) is 0 Å².